The Bertz CT molecular complexity index is 658. The van der Waals surface area contributed by atoms with E-state index in [1.807, 2.05) is 25.1 Å². The van der Waals surface area contributed by atoms with Gasteiger partial charge in [-0.05, 0) is 48.9 Å². The second-order valence-corrected chi connectivity index (χ2v) is 4.80. The molecule has 0 aliphatic heterocycles. The Labute approximate surface area is 122 Å². The Morgan fingerprint density at radius 1 is 1.25 bits per heavy atom. The van der Waals surface area contributed by atoms with E-state index in [9.17, 15) is 4.39 Å². The first-order chi connectivity index (χ1) is 9.51. The van der Waals surface area contributed by atoms with E-state index in [1.54, 1.807) is 13.2 Å². The molecule has 3 N–H and O–H groups in total. The molecule has 2 aromatic rings. The van der Waals surface area contributed by atoms with Crippen LogP contribution in [0.15, 0.2) is 36.4 Å². The van der Waals surface area contributed by atoms with Crippen molar-refractivity contribution in [3.05, 3.63) is 53.3 Å². The first-order valence-electron chi connectivity index (χ1n) is 6.02. The molecule has 0 heterocycles. The van der Waals surface area contributed by atoms with Gasteiger partial charge in [-0.1, -0.05) is 12.2 Å². The smallest absolute Gasteiger partial charge is 0.124 e. The lowest BCUT2D eigenvalue weighted by Gasteiger charge is -2.13. The quantitative estimate of drug-likeness (QED) is 0.846. The second kappa shape index (κ2) is 5.88. The SMILES string of the molecule is COc1ccc(Nc2ccc(F)cc2C(N)=S)cc1C. The predicted molar refractivity (Wildman–Crippen MR) is 83.3 cm³/mol. The number of methoxy groups -OCH3 is 1. The maximum absolute atomic E-state index is 13.2. The number of thiocarbonyl (C=S) groups is 1. The standard InChI is InChI=1S/C15H15FN2OS/c1-9-7-11(4-6-14(9)19-2)18-13-5-3-10(16)8-12(13)15(17)20/h3-8,18H,1-2H3,(H2,17,20). The van der Waals surface area contributed by atoms with Crippen molar-refractivity contribution in [3.63, 3.8) is 0 Å². The van der Waals surface area contributed by atoms with E-state index in [0.717, 1.165) is 17.0 Å². The number of hydrogen-bond acceptors (Lipinski definition) is 3. The van der Waals surface area contributed by atoms with Crippen LogP contribution in [0.5, 0.6) is 5.75 Å². The van der Waals surface area contributed by atoms with E-state index >= 15 is 0 Å². The highest BCUT2D eigenvalue weighted by Crippen LogP contribution is 2.26. The highest BCUT2D eigenvalue weighted by molar-refractivity contribution is 7.80. The van der Waals surface area contributed by atoms with Crippen molar-refractivity contribution in [1.82, 2.24) is 0 Å². The first kappa shape index (κ1) is 14.3. The first-order valence-corrected chi connectivity index (χ1v) is 6.43. The highest BCUT2D eigenvalue weighted by atomic mass is 32.1. The molecule has 2 rings (SSSR count). The zero-order chi connectivity index (χ0) is 14.7. The third-order valence-corrected chi connectivity index (χ3v) is 3.14. The molecule has 0 radical (unpaired) electrons. The molecule has 0 bridgehead atoms. The van der Waals surface area contributed by atoms with Crippen LogP contribution in [0.2, 0.25) is 0 Å². The number of benzene rings is 2. The molecule has 3 nitrogen and oxygen atoms in total. The number of anilines is 2. The van der Waals surface area contributed by atoms with Crippen LogP contribution >= 0.6 is 12.2 Å². The van der Waals surface area contributed by atoms with Gasteiger partial charge in [-0.15, -0.1) is 0 Å². The second-order valence-electron chi connectivity index (χ2n) is 4.36. The van der Waals surface area contributed by atoms with E-state index in [0.29, 0.717) is 11.3 Å². The van der Waals surface area contributed by atoms with Gasteiger partial charge in [0.1, 0.15) is 16.6 Å². The minimum absolute atomic E-state index is 0.150. The van der Waals surface area contributed by atoms with Crippen molar-refractivity contribution < 1.29 is 9.13 Å². The fourth-order valence-corrected chi connectivity index (χ4v) is 2.11. The molecule has 2 aromatic carbocycles. The van der Waals surface area contributed by atoms with Gasteiger partial charge in [-0.3, -0.25) is 0 Å². The molecule has 0 atom stereocenters. The zero-order valence-electron chi connectivity index (χ0n) is 11.2. The molecule has 0 amide bonds. The molecule has 0 spiro atoms. The Morgan fingerprint density at radius 3 is 2.60 bits per heavy atom. The number of halogens is 1. The van der Waals surface area contributed by atoms with Gasteiger partial charge in [0.2, 0.25) is 0 Å². The molecular formula is C15H15FN2OS. The molecule has 20 heavy (non-hydrogen) atoms. The van der Waals surface area contributed by atoms with Crippen LogP contribution in [-0.4, -0.2) is 12.1 Å². The highest BCUT2D eigenvalue weighted by Gasteiger charge is 2.08. The minimum atomic E-state index is -0.371. The largest absolute Gasteiger partial charge is 0.496 e. The number of rotatable bonds is 4. The predicted octanol–water partition coefficient (Wildman–Crippen LogP) is 3.52. The summed E-state index contributed by atoms with van der Waals surface area (Å²) in [5, 5.41) is 3.18. The Kier molecular flexibility index (Phi) is 4.20. The number of nitrogens with two attached hydrogens (primary N) is 1. The molecule has 0 aliphatic rings. The fraction of sp³-hybridized carbons (Fsp3) is 0.133. The third-order valence-electron chi connectivity index (χ3n) is 2.92. The summed E-state index contributed by atoms with van der Waals surface area (Å²) in [6, 6.07) is 9.97. The summed E-state index contributed by atoms with van der Waals surface area (Å²) in [5.41, 5.74) is 8.62. The summed E-state index contributed by atoms with van der Waals surface area (Å²) in [6.07, 6.45) is 0. The van der Waals surface area contributed by atoms with Crippen LogP contribution in [0.1, 0.15) is 11.1 Å². The van der Waals surface area contributed by atoms with Crippen molar-refractivity contribution in [2.24, 2.45) is 5.73 Å². The maximum atomic E-state index is 13.2. The molecule has 5 heteroatoms. The van der Waals surface area contributed by atoms with E-state index < -0.39 is 0 Å². The summed E-state index contributed by atoms with van der Waals surface area (Å²) in [7, 11) is 1.63. The maximum Gasteiger partial charge on any atom is 0.124 e. The van der Waals surface area contributed by atoms with Crippen LogP contribution < -0.4 is 15.8 Å². The molecule has 0 saturated heterocycles. The third kappa shape index (κ3) is 3.05. The Hall–Kier alpha value is -2.14. The summed E-state index contributed by atoms with van der Waals surface area (Å²) < 4.78 is 18.5. The minimum Gasteiger partial charge on any atom is -0.496 e. The van der Waals surface area contributed by atoms with Gasteiger partial charge in [0.25, 0.3) is 0 Å². The van der Waals surface area contributed by atoms with Crippen molar-refractivity contribution in [3.8, 4) is 5.75 Å². The summed E-state index contributed by atoms with van der Waals surface area (Å²) in [4.78, 5) is 0.150. The summed E-state index contributed by atoms with van der Waals surface area (Å²) in [6.45, 7) is 1.95. The average Bonchev–Trinajstić information content (AvgIpc) is 2.41. The van der Waals surface area contributed by atoms with Crippen LogP contribution in [0.3, 0.4) is 0 Å². The monoisotopic (exact) mass is 290 g/mol. The molecule has 0 unspecified atom stereocenters. The number of ether oxygens (including phenoxy) is 1. The summed E-state index contributed by atoms with van der Waals surface area (Å²) >= 11 is 4.94. The molecule has 0 aromatic heterocycles. The van der Waals surface area contributed by atoms with E-state index in [-0.39, 0.29) is 10.8 Å². The zero-order valence-corrected chi connectivity index (χ0v) is 12.1. The van der Waals surface area contributed by atoms with Crippen molar-refractivity contribution in [2.75, 3.05) is 12.4 Å². The van der Waals surface area contributed by atoms with Gasteiger partial charge in [-0.25, -0.2) is 4.39 Å². The van der Waals surface area contributed by atoms with Gasteiger partial charge in [0.15, 0.2) is 0 Å². The van der Waals surface area contributed by atoms with Crippen molar-refractivity contribution >= 4 is 28.6 Å². The van der Waals surface area contributed by atoms with Crippen LogP contribution in [0.4, 0.5) is 15.8 Å². The van der Waals surface area contributed by atoms with Gasteiger partial charge in [0, 0.05) is 16.9 Å². The lowest BCUT2D eigenvalue weighted by atomic mass is 10.1. The number of hydrogen-bond donors (Lipinski definition) is 2. The topological polar surface area (TPSA) is 47.3 Å². The van der Waals surface area contributed by atoms with Crippen molar-refractivity contribution in [2.45, 2.75) is 6.92 Å². The van der Waals surface area contributed by atoms with Gasteiger partial charge in [-0.2, -0.15) is 0 Å². The molecule has 0 fully saturated rings. The van der Waals surface area contributed by atoms with Crippen molar-refractivity contribution in [1.29, 1.82) is 0 Å². The lowest BCUT2D eigenvalue weighted by Crippen LogP contribution is -2.12. The Balaban J connectivity index is 2.35. The van der Waals surface area contributed by atoms with Crippen LogP contribution in [0, 0.1) is 12.7 Å². The Morgan fingerprint density at radius 2 is 2.00 bits per heavy atom. The normalized spacial score (nSPS) is 10.2. The van der Waals surface area contributed by atoms with Crippen LogP contribution in [0.25, 0.3) is 0 Å². The molecule has 0 aliphatic carbocycles. The van der Waals surface area contributed by atoms with Gasteiger partial charge in [0.05, 0.1) is 7.11 Å². The van der Waals surface area contributed by atoms with E-state index in [4.69, 9.17) is 22.7 Å². The molecule has 0 saturated carbocycles. The number of aryl methyl sites for hydroxylation is 1. The molecular weight excluding hydrogens is 275 g/mol. The van der Waals surface area contributed by atoms with Gasteiger partial charge < -0.3 is 15.8 Å². The molecule has 104 valence electrons. The van der Waals surface area contributed by atoms with E-state index in [1.165, 1.54) is 12.1 Å². The summed E-state index contributed by atoms with van der Waals surface area (Å²) in [5.74, 6) is 0.438. The average molecular weight is 290 g/mol. The van der Waals surface area contributed by atoms with Crippen LogP contribution in [-0.2, 0) is 0 Å². The fourth-order valence-electron chi connectivity index (χ4n) is 1.94. The van der Waals surface area contributed by atoms with Gasteiger partial charge >= 0.3 is 0 Å². The number of nitrogens with one attached hydrogen (secondary N) is 1. The lowest BCUT2D eigenvalue weighted by molar-refractivity contribution is 0.412. The van der Waals surface area contributed by atoms with E-state index in [2.05, 4.69) is 5.32 Å².